The number of hydrogen-bond acceptors (Lipinski definition) is 4. The number of nitrogens with zero attached hydrogens (tertiary/aromatic N) is 1. The van der Waals surface area contributed by atoms with Crippen LogP contribution in [-0.2, 0) is 6.61 Å². The van der Waals surface area contributed by atoms with E-state index in [0.29, 0.717) is 17.3 Å². The third kappa shape index (κ3) is 3.99. The zero-order valence-electron chi connectivity index (χ0n) is 14.8. The summed E-state index contributed by atoms with van der Waals surface area (Å²) in [4.78, 5) is 16.9. The van der Waals surface area contributed by atoms with E-state index in [2.05, 4.69) is 10.3 Å². The third-order valence-electron chi connectivity index (χ3n) is 4.18. The number of nitrogens with one attached hydrogen (secondary N) is 1. The van der Waals surface area contributed by atoms with E-state index in [1.54, 1.807) is 12.1 Å². The molecule has 4 rings (SSSR count). The van der Waals surface area contributed by atoms with Gasteiger partial charge in [-0.25, -0.2) is 4.98 Å². The molecular weight excluding hydrogens is 356 g/mol. The first-order valence-corrected chi connectivity index (χ1v) is 9.45. The zero-order chi connectivity index (χ0) is 18.6. The summed E-state index contributed by atoms with van der Waals surface area (Å²) in [7, 11) is 0. The monoisotopic (exact) mass is 374 g/mol. The Morgan fingerprint density at radius 1 is 1.04 bits per heavy atom. The molecule has 3 aromatic carbocycles. The number of hydrogen-bond donors (Lipinski definition) is 1. The number of thiazole rings is 1. The van der Waals surface area contributed by atoms with E-state index in [-0.39, 0.29) is 5.91 Å². The smallest absolute Gasteiger partial charge is 0.257 e. The molecular formula is C22H18N2O2S. The number of carbonyl (C=O) groups is 1. The molecule has 0 spiro atoms. The molecule has 134 valence electrons. The van der Waals surface area contributed by atoms with Crippen LogP contribution in [-0.4, -0.2) is 10.9 Å². The van der Waals surface area contributed by atoms with Crippen molar-refractivity contribution in [2.24, 2.45) is 0 Å². The summed E-state index contributed by atoms with van der Waals surface area (Å²) >= 11 is 1.46. The van der Waals surface area contributed by atoms with E-state index in [1.165, 1.54) is 11.3 Å². The molecule has 0 aliphatic rings. The Morgan fingerprint density at radius 3 is 2.48 bits per heavy atom. The van der Waals surface area contributed by atoms with Crippen LogP contribution in [0.25, 0.3) is 10.2 Å². The first-order valence-electron chi connectivity index (χ1n) is 8.63. The SMILES string of the molecule is Cc1cc2sc(NC(=O)c3ccccc3)nc2cc1OCc1ccccc1. The number of aromatic nitrogens is 1. The van der Waals surface area contributed by atoms with Crippen molar-refractivity contribution in [2.75, 3.05) is 5.32 Å². The molecule has 0 atom stereocenters. The van der Waals surface area contributed by atoms with Crippen LogP contribution in [0.2, 0.25) is 0 Å². The van der Waals surface area contributed by atoms with E-state index < -0.39 is 0 Å². The highest BCUT2D eigenvalue weighted by molar-refractivity contribution is 7.22. The number of aryl methyl sites for hydroxylation is 1. The van der Waals surface area contributed by atoms with Crippen LogP contribution in [0.3, 0.4) is 0 Å². The first kappa shape index (κ1) is 17.2. The maximum Gasteiger partial charge on any atom is 0.257 e. The number of anilines is 1. The lowest BCUT2D eigenvalue weighted by Gasteiger charge is -2.09. The highest BCUT2D eigenvalue weighted by Gasteiger charge is 2.12. The number of amides is 1. The first-order chi connectivity index (χ1) is 13.2. The predicted molar refractivity (Wildman–Crippen MR) is 110 cm³/mol. The molecule has 0 bridgehead atoms. The van der Waals surface area contributed by atoms with Crippen LogP contribution in [0.15, 0.2) is 72.8 Å². The number of ether oxygens (including phenoxy) is 1. The Morgan fingerprint density at radius 2 is 1.74 bits per heavy atom. The standard InChI is InChI=1S/C22H18N2O2S/c1-15-12-20-18(13-19(15)26-14-16-8-4-2-5-9-16)23-22(27-20)24-21(25)17-10-6-3-7-11-17/h2-13H,14H2,1H3,(H,23,24,25). The summed E-state index contributed by atoms with van der Waals surface area (Å²) in [5.74, 6) is 0.643. The molecule has 4 nitrogen and oxygen atoms in total. The van der Waals surface area contributed by atoms with Gasteiger partial charge in [-0.3, -0.25) is 10.1 Å². The molecule has 0 unspecified atom stereocenters. The van der Waals surface area contributed by atoms with Crippen molar-refractivity contribution in [2.45, 2.75) is 13.5 Å². The van der Waals surface area contributed by atoms with Crippen LogP contribution < -0.4 is 10.1 Å². The van der Waals surface area contributed by atoms with Gasteiger partial charge in [0, 0.05) is 11.6 Å². The molecule has 0 radical (unpaired) electrons. The van der Waals surface area contributed by atoms with Gasteiger partial charge in [0.2, 0.25) is 0 Å². The van der Waals surface area contributed by atoms with E-state index >= 15 is 0 Å². The van der Waals surface area contributed by atoms with Gasteiger partial charge in [0.25, 0.3) is 5.91 Å². The summed E-state index contributed by atoms with van der Waals surface area (Å²) in [6.45, 7) is 2.52. The fourth-order valence-corrected chi connectivity index (χ4v) is 3.70. The molecule has 1 amide bonds. The van der Waals surface area contributed by atoms with Gasteiger partial charge in [-0.05, 0) is 36.2 Å². The normalized spacial score (nSPS) is 10.7. The van der Waals surface area contributed by atoms with E-state index in [1.807, 2.05) is 67.6 Å². The van der Waals surface area contributed by atoms with E-state index in [4.69, 9.17) is 4.74 Å². The van der Waals surface area contributed by atoms with Gasteiger partial charge in [0.15, 0.2) is 5.13 Å². The highest BCUT2D eigenvalue weighted by atomic mass is 32.1. The van der Waals surface area contributed by atoms with Gasteiger partial charge in [-0.2, -0.15) is 0 Å². The molecule has 0 aliphatic carbocycles. The summed E-state index contributed by atoms with van der Waals surface area (Å²) in [6, 6.07) is 23.2. The Kier molecular flexibility index (Phi) is 4.85. The van der Waals surface area contributed by atoms with Crippen LogP contribution in [0.5, 0.6) is 5.75 Å². The lowest BCUT2D eigenvalue weighted by molar-refractivity contribution is 0.102. The minimum absolute atomic E-state index is 0.160. The van der Waals surface area contributed by atoms with Gasteiger partial charge in [-0.15, -0.1) is 0 Å². The van der Waals surface area contributed by atoms with Gasteiger partial charge in [-0.1, -0.05) is 59.9 Å². The number of rotatable bonds is 5. The maximum absolute atomic E-state index is 12.3. The van der Waals surface area contributed by atoms with Gasteiger partial charge < -0.3 is 4.74 Å². The quantitative estimate of drug-likeness (QED) is 0.506. The molecule has 27 heavy (non-hydrogen) atoms. The molecule has 0 saturated carbocycles. The van der Waals surface area contributed by atoms with Crippen molar-refractivity contribution in [3.05, 3.63) is 89.5 Å². The van der Waals surface area contributed by atoms with Crippen molar-refractivity contribution in [3.63, 3.8) is 0 Å². The Hall–Kier alpha value is -3.18. The Labute approximate surface area is 161 Å². The van der Waals surface area contributed by atoms with Gasteiger partial charge in [0.05, 0.1) is 10.2 Å². The Balaban J connectivity index is 1.53. The van der Waals surface area contributed by atoms with Gasteiger partial charge in [0.1, 0.15) is 12.4 Å². The molecule has 1 heterocycles. The van der Waals surface area contributed by atoms with Crippen molar-refractivity contribution >= 4 is 32.6 Å². The number of carbonyl (C=O) groups excluding carboxylic acids is 1. The number of fused-ring (bicyclic) bond motifs is 1. The van der Waals surface area contributed by atoms with Crippen molar-refractivity contribution in [1.29, 1.82) is 0 Å². The molecule has 0 fully saturated rings. The fraction of sp³-hybridized carbons (Fsp3) is 0.0909. The molecule has 4 aromatic rings. The molecule has 5 heteroatoms. The second kappa shape index (κ2) is 7.60. The van der Waals surface area contributed by atoms with E-state index in [0.717, 1.165) is 27.1 Å². The summed E-state index contributed by atoms with van der Waals surface area (Å²) in [6.07, 6.45) is 0. The largest absolute Gasteiger partial charge is 0.489 e. The van der Waals surface area contributed by atoms with E-state index in [9.17, 15) is 4.79 Å². The lowest BCUT2D eigenvalue weighted by Crippen LogP contribution is -2.11. The summed E-state index contributed by atoms with van der Waals surface area (Å²) in [5.41, 5.74) is 3.59. The Bertz CT molecular complexity index is 1080. The lowest BCUT2D eigenvalue weighted by atomic mass is 10.2. The van der Waals surface area contributed by atoms with Gasteiger partial charge >= 0.3 is 0 Å². The third-order valence-corrected chi connectivity index (χ3v) is 5.11. The van der Waals surface area contributed by atoms with Crippen LogP contribution in [0.1, 0.15) is 21.5 Å². The zero-order valence-corrected chi connectivity index (χ0v) is 15.6. The predicted octanol–water partition coefficient (Wildman–Crippen LogP) is 5.44. The second-order valence-electron chi connectivity index (χ2n) is 6.20. The number of benzene rings is 3. The van der Waals surface area contributed by atoms with Crippen molar-refractivity contribution < 1.29 is 9.53 Å². The van der Waals surface area contributed by atoms with Crippen LogP contribution in [0, 0.1) is 6.92 Å². The molecule has 0 saturated heterocycles. The van der Waals surface area contributed by atoms with Crippen LogP contribution in [0.4, 0.5) is 5.13 Å². The average Bonchev–Trinajstić information content (AvgIpc) is 3.08. The minimum Gasteiger partial charge on any atom is -0.489 e. The fourth-order valence-electron chi connectivity index (χ4n) is 2.76. The second-order valence-corrected chi connectivity index (χ2v) is 7.23. The summed E-state index contributed by atoms with van der Waals surface area (Å²) < 4.78 is 6.98. The molecule has 0 aliphatic heterocycles. The highest BCUT2D eigenvalue weighted by Crippen LogP contribution is 2.32. The topological polar surface area (TPSA) is 51.2 Å². The summed E-state index contributed by atoms with van der Waals surface area (Å²) in [5, 5.41) is 3.45. The molecule has 1 aromatic heterocycles. The van der Waals surface area contributed by atoms with Crippen molar-refractivity contribution in [3.8, 4) is 5.75 Å². The molecule has 1 N–H and O–H groups in total. The average molecular weight is 374 g/mol. The van der Waals surface area contributed by atoms with Crippen molar-refractivity contribution in [1.82, 2.24) is 4.98 Å². The minimum atomic E-state index is -0.160. The van der Waals surface area contributed by atoms with Crippen LogP contribution >= 0.6 is 11.3 Å². The maximum atomic E-state index is 12.3.